The van der Waals surface area contributed by atoms with Crippen molar-refractivity contribution in [2.75, 3.05) is 19.6 Å². The molecule has 1 saturated heterocycles. The number of para-hydroxylation sites is 1. The van der Waals surface area contributed by atoms with Crippen LogP contribution in [0.5, 0.6) is 0 Å². The molecule has 3 aromatic rings. The molecule has 3 heterocycles. The smallest absolute Gasteiger partial charge is 0.261 e. The Bertz CT molecular complexity index is 996. The van der Waals surface area contributed by atoms with Crippen LogP contribution in [0.25, 0.3) is 10.9 Å². The Hall–Kier alpha value is -2.64. The van der Waals surface area contributed by atoms with Gasteiger partial charge in [-0.05, 0) is 17.5 Å². The number of hydrogen-bond acceptors (Lipinski definition) is 4. The van der Waals surface area contributed by atoms with Gasteiger partial charge in [0.1, 0.15) is 17.4 Å². The SMILES string of the molecule is Cl.Cn1ccnc1C1CNCCN1C(=O)c1cc2ccccc2[nH]c1=O. The van der Waals surface area contributed by atoms with Gasteiger partial charge in [-0.2, -0.15) is 0 Å². The van der Waals surface area contributed by atoms with Gasteiger partial charge in [-0.25, -0.2) is 4.98 Å². The number of fused-ring (bicyclic) bond motifs is 1. The number of piperazine rings is 1. The molecule has 1 aliphatic rings. The Balaban J connectivity index is 0.00000196. The molecule has 0 radical (unpaired) electrons. The highest BCUT2D eigenvalue weighted by molar-refractivity contribution is 5.97. The Morgan fingerprint density at radius 2 is 2.12 bits per heavy atom. The molecule has 136 valence electrons. The first-order valence-electron chi connectivity index (χ1n) is 8.26. The van der Waals surface area contributed by atoms with E-state index < -0.39 is 0 Å². The number of carbonyl (C=O) groups is 1. The molecule has 0 aliphatic carbocycles. The van der Waals surface area contributed by atoms with Crippen LogP contribution in [0.1, 0.15) is 22.2 Å². The van der Waals surface area contributed by atoms with E-state index >= 15 is 0 Å². The fraction of sp³-hybridized carbons (Fsp3) is 0.278. The van der Waals surface area contributed by atoms with Crippen molar-refractivity contribution in [3.8, 4) is 0 Å². The van der Waals surface area contributed by atoms with Crippen LogP contribution >= 0.6 is 12.4 Å². The second-order valence-corrected chi connectivity index (χ2v) is 6.21. The molecule has 0 saturated carbocycles. The monoisotopic (exact) mass is 373 g/mol. The Morgan fingerprint density at radius 1 is 1.31 bits per heavy atom. The van der Waals surface area contributed by atoms with Crippen molar-refractivity contribution in [2.45, 2.75) is 6.04 Å². The molecular weight excluding hydrogens is 354 g/mol. The minimum absolute atomic E-state index is 0. The summed E-state index contributed by atoms with van der Waals surface area (Å²) in [7, 11) is 1.91. The molecule has 1 aliphatic heterocycles. The van der Waals surface area contributed by atoms with E-state index in [1.807, 2.05) is 42.1 Å². The maximum Gasteiger partial charge on any atom is 0.261 e. The highest BCUT2D eigenvalue weighted by Crippen LogP contribution is 2.22. The maximum atomic E-state index is 13.1. The molecule has 1 unspecified atom stereocenters. The molecule has 1 amide bonds. The zero-order valence-corrected chi connectivity index (χ0v) is 15.1. The van der Waals surface area contributed by atoms with Gasteiger partial charge in [-0.15, -0.1) is 12.4 Å². The van der Waals surface area contributed by atoms with Crippen molar-refractivity contribution in [1.82, 2.24) is 24.8 Å². The van der Waals surface area contributed by atoms with E-state index in [1.165, 1.54) is 0 Å². The summed E-state index contributed by atoms with van der Waals surface area (Å²) < 4.78 is 1.91. The molecule has 4 rings (SSSR count). The number of imidazole rings is 1. The van der Waals surface area contributed by atoms with Crippen LogP contribution in [0, 0.1) is 0 Å². The lowest BCUT2D eigenvalue weighted by Crippen LogP contribution is -2.50. The van der Waals surface area contributed by atoms with Gasteiger partial charge in [0.05, 0.1) is 0 Å². The number of aryl methyl sites for hydroxylation is 1. The number of carbonyl (C=O) groups excluding carboxylic acids is 1. The summed E-state index contributed by atoms with van der Waals surface area (Å²) in [4.78, 5) is 34.5. The molecule has 2 N–H and O–H groups in total. The minimum Gasteiger partial charge on any atom is -0.336 e. The molecule has 1 atom stereocenters. The van der Waals surface area contributed by atoms with Crippen LogP contribution in [0.2, 0.25) is 0 Å². The van der Waals surface area contributed by atoms with Crippen molar-refractivity contribution < 1.29 is 4.79 Å². The molecule has 26 heavy (non-hydrogen) atoms. The second-order valence-electron chi connectivity index (χ2n) is 6.21. The third-order valence-electron chi connectivity index (χ3n) is 4.64. The number of aromatic amines is 1. The van der Waals surface area contributed by atoms with Crippen molar-refractivity contribution in [1.29, 1.82) is 0 Å². The van der Waals surface area contributed by atoms with Gasteiger partial charge in [0.15, 0.2) is 0 Å². The van der Waals surface area contributed by atoms with Crippen molar-refractivity contribution >= 4 is 29.2 Å². The number of halogens is 1. The number of nitrogens with one attached hydrogen (secondary N) is 2. The van der Waals surface area contributed by atoms with Gasteiger partial charge >= 0.3 is 0 Å². The summed E-state index contributed by atoms with van der Waals surface area (Å²) in [5, 5.41) is 4.14. The minimum atomic E-state index is -0.360. The quantitative estimate of drug-likeness (QED) is 0.712. The van der Waals surface area contributed by atoms with Crippen molar-refractivity contribution in [3.63, 3.8) is 0 Å². The summed E-state index contributed by atoms with van der Waals surface area (Å²) in [6.07, 6.45) is 3.57. The van der Waals surface area contributed by atoms with Crippen LogP contribution < -0.4 is 10.9 Å². The number of benzene rings is 1. The van der Waals surface area contributed by atoms with Gasteiger partial charge < -0.3 is 19.8 Å². The van der Waals surface area contributed by atoms with E-state index in [-0.39, 0.29) is 35.5 Å². The molecular formula is C18H20ClN5O2. The number of rotatable bonds is 2. The molecule has 7 nitrogen and oxygen atoms in total. The van der Waals surface area contributed by atoms with Crippen LogP contribution in [0.3, 0.4) is 0 Å². The number of hydrogen-bond donors (Lipinski definition) is 2. The number of aromatic nitrogens is 3. The summed E-state index contributed by atoms with van der Waals surface area (Å²) in [5.74, 6) is 0.541. The second kappa shape index (κ2) is 7.31. The largest absolute Gasteiger partial charge is 0.336 e. The maximum absolute atomic E-state index is 13.1. The Morgan fingerprint density at radius 3 is 2.88 bits per heavy atom. The normalized spacial score (nSPS) is 17.1. The van der Waals surface area contributed by atoms with Crippen LogP contribution in [0.4, 0.5) is 0 Å². The fourth-order valence-corrected chi connectivity index (χ4v) is 3.34. The van der Waals surface area contributed by atoms with Gasteiger partial charge in [0.2, 0.25) is 0 Å². The van der Waals surface area contributed by atoms with E-state index in [9.17, 15) is 9.59 Å². The molecule has 0 spiro atoms. The van der Waals surface area contributed by atoms with E-state index in [0.717, 1.165) is 16.7 Å². The molecule has 8 heteroatoms. The van der Waals surface area contributed by atoms with Gasteiger partial charge in [-0.1, -0.05) is 18.2 Å². The first-order valence-corrected chi connectivity index (χ1v) is 8.26. The first-order chi connectivity index (χ1) is 12.1. The molecule has 2 aromatic heterocycles. The topological polar surface area (TPSA) is 83.0 Å². The summed E-state index contributed by atoms with van der Waals surface area (Å²) in [6, 6.07) is 8.92. The van der Waals surface area contributed by atoms with Crippen LogP contribution in [-0.4, -0.2) is 45.0 Å². The standard InChI is InChI=1S/C18H19N5O2.ClH/c1-22-8-7-20-16(22)15-11-19-6-9-23(15)18(25)13-10-12-4-2-3-5-14(12)21-17(13)24;/h2-5,7-8,10,15,19H,6,9,11H2,1H3,(H,21,24);1H. The van der Waals surface area contributed by atoms with Crippen molar-refractivity contribution in [3.05, 3.63) is 64.5 Å². The highest BCUT2D eigenvalue weighted by Gasteiger charge is 2.32. The third kappa shape index (κ3) is 3.11. The predicted molar refractivity (Wildman–Crippen MR) is 102 cm³/mol. The molecule has 1 aromatic carbocycles. The lowest BCUT2D eigenvalue weighted by atomic mass is 10.1. The Labute approximate surface area is 156 Å². The van der Waals surface area contributed by atoms with Gasteiger partial charge in [0.25, 0.3) is 11.5 Å². The Kier molecular flexibility index (Phi) is 5.11. The highest BCUT2D eigenvalue weighted by atomic mass is 35.5. The molecule has 0 bridgehead atoms. The predicted octanol–water partition coefficient (Wildman–Crippen LogP) is 1.47. The average molecular weight is 374 g/mol. The third-order valence-corrected chi connectivity index (χ3v) is 4.64. The number of nitrogens with zero attached hydrogens (tertiary/aromatic N) is 3. The summed E-state index contributed by atoms with van der Waals surface area (Å²) in [6.45, 7) is 1.84. The first kappa shape index (κ1) is 18.2. The van der Waals surface area contributed by atoms with Gasteiger partial charge in [0, 0.05) is 44.6 Å². The van der Waals surface area contributed by atoms with Crippen LogP contribution in [-0.2, 0) is 7.05 Å². The molecule has 1 fully saturated rings. The zero-order valence-electron chi connectivity index (χ0n) is 14.3. The average Bonchev–Trinajstić information content (AvgIpc) is 3.06. The number of pyridine rings is 1. The fourth-order valence-electron chi connectivity index (χ4n) is 3.34. The van der Waals surface area contributed by atoms with Gasteiger partial charge in [-0.3, -0.25) is 9.59 Å². The summed E-state index contributed by atoms with van der Waals surface area (Å²) >= 11 is 0. The van der Waals surface area contributed by atoms with E-state index in [1.54, 1.807) is 17.2 Å². The lowest BCUT2D eigenvalue weighted by Gasteiger charge is -2.35. The van der Waals surface area contributed by atoms with Crippen molar-refractivity contribution in [2.24, 2.45) is 7.05 Å². The summed E-state index contributed by atoms with van der Waals surface area (Å²) in [5.41, 5.74) is 0.533. The number of amides is 1. The van der Waals surface area contributed by atoms with E-state index in [4.69, 9.17) is 0 Å². The zero-order chi connectivity index (χ0) is 17.4. The van der Waals surface area contributed by atoms with Crippen LogP contribution in [0.15, 0.2) is 47.5 Å². The lowest BCUT2D eigenvalue weighted by molar-refractivity contribution is 0.0619. The van der Waals surface area contributed by atoms with E-state index in [0.29, 0.717) is 19.6 Å². The number of H-pyrrole nitrogens is 1. The van der Waals surface area contributed by atoms with E-state index in [2.05, 4.69) is 15.3 Å².